The number of hydrogen-bond donors (Lipinski definition) is 0. The fraction of sp³-hybridized carbons (Fsp3) is 0.261. The van der Waals surface area contributed by atoms with Crippen molar-refractivity contribution < 1.29 is 9.47 Å². The van der Waals surface area contributed by atoms with Crippen molar-refractivity contribution in [1.82, 2.24) is 24.6 Å². The SMILES string of the molecule is COc1cccc(C=NCc2cc(N3CCOCC3)n3nc(-c4ccncc4)nc3n2)c1. The molecule has 0 bridgehead atoms. The molecule has 1 aromatic carbocycles. The van der Waals surface area contributed by atoms with Crippen LogP contribution in [0.1, 0.15) is 11.3 Å². The third kappa shape index (κ3) is 4.28. The lowest BCUT2D eigenvalue weighted by Crippen LogP contribution is -2.37. The Kier molecular flexibility index (Phi) is 5.71. The average Bonchev–Trinajstić information content (AvgIpc) is 3.29. The zero-order valence-corrected chi connectivity index (χ0v) is 17.8. The number of nitrogens with zero attached hydrogens (tertiary/aromatic N) is 7. The van der Waals surface area contributed by atoms with Crippen molar-refractivity contribution in [2.24, 2.45) is 4.99 Å². The van der Waals surface area contributed by atoms with Crippen molar-refractivity contribution in [2.75, 3.05) is 38.3 Å². The van der Waals surface area contributed by atoms with E-state index in [0.717, 1.165) is 41.5 Å². The van der Waals surface area contributed by atoms with Gasteiger partial charge in [-0.2, -0.15) is 9.50 Å². The fourth-order valence-corrected chi connectivity index (χ4v) is 3.59. The molecule has 3 aromatic heterocycles. The number of rotatable bonds is 6. The highest BCUT2D eigenvalue weighted by atomic mass is 16.5. The van der Waals surface area contributed by atoms with Gasteiger partial charge in [-0.05, 0) is 29.8 Å². The largest absolute Gasteiger partial charge is 0.497 e. The molecular formula is C23H23N7O2. The lowest BCUT2D eigenvalue weighted by atomic mass is 10.2. The monoisotopic (exact) mass is 429 g/mol. The summed E-state index contributed by atoms with van der Waals surface area (Å²) >= 11 is 0. The summed E-state index contributed by atoms with van der Waals surface area (Å²) in [6.45, 7) is 3.37. The zero-order chi connectivity index (χ0) is 21.8. The molecule has 0 amide bonds. The highest BCUT2D eigenvalue weighted by molar-refractivity contribution is 5.80. The lowest BCUT2D eigenvalue weighted by Gasteiger charge is -2.28. The molecule has 0 N–H and O–H groups in total. The molecule has 32 heavy (non-hydrogen) atoms. The molecule has 4 heterocycles. The smallest absolute Gasteiger partial charge is 0.254 e. The molecule has 9 heteroatoms. The van der Waals surface area contributed by atoms with E-state index >= 15 is 0 Å². The molecule has 0 spiro atoms. The van der Waals surface area contributed by atoms with Gasteiger partial charge in [-0.1, -0.05) is 12.1 Å². The van der Waals surface area contributed by atoms with Crippen LogP contribution in [0.2, 0.25) is 0 Å². The molecule has 0 atom stereocenters. The van der Waals surface area contributed by atoms with Gasteiger partial charge in [-0.25, -0.2) is 4.98 Å². The van der Waals surface area contributed by atoms with Crippen LogP contribution in [0, 0.1) is 0 Å². The molecule has 0 aliphatic carbocycles. The summed E-state index contributed by atoms with van der Waals surface area (Å²) in [5.74, 6) is 2.91. The van der Waals surface area contributed by atoms with Crippen LogP contribution in [0.25, 0.3) is 17.2 Å². The number of fused-ring (bicyclic) bond motifs is 1. The first-order valence-electron chi connectivity index (χ1n) is 10.4. The molecule has 5 rings (SSSR count). The van der Waals surface area contributed by atoms with Crippen LogP contribution < -0.4 is 9.64 Å². The highest BCUT2D eigenvalue weighted by Gasteiger charge is 2.19. The van der Waals surface area contributed by atoms with Crippen molar-refractivity contribution in [2.45, 2.75) is 6.54 Å². The van der Waals surface area contributed by atoms with Crippen LogP contribution in [-0.4, -0.2) is 64.2 Å². The van der Waals surface area contributed by atoms with Gasteiger partial charge in [-0.3, -0.25) is 9.98 Å². The van der Waals surface area contributed by atoms with Crippen LogP contribution >= 0.6 is 0 Å². The normalized spacial score (nSPS) is 14.3. The topological polar surface area (TPSA) is 90.0 Å². The molecule has 1 aliphatic rings. The maximum absolute atomic E-state index is 5.53. The van der Waals surface area contributed by atoms with Crippen LogP contribution in [0.15, 0.2) is 59.9 Å². The van der Waals surface area contributed by atoms with Gasteiger partial charge in [-0.15, -0.1) is 5.10 Å². The maximum Gasteiger partial charge on any atom is 0.254 e. The first-order chi connectivity index (χ1) is 15.8. The van der Waals surface area contributed by atoms with Crippen molar-refractivity contribution in [1.29, 1.82) is 0 Å². The van der Waals surface area contributed by atoms with E-state index in [1.807, 2.05) is 48.7 Å². The van der Waals surface area contributed by atoms with Crippen LogP contribution in [0.4, 0.5) is 5.82 Å². The van der Waals surface area contributed by atoms with Crippen LogP contribution in [0.3, 0.4) is 0 Å². The molecule has 0 radical (unpaired) electrons. The molecule has 4 aromatic rings. The summed E-state index contributed by atoms with van der Waals surface area (Å²) in [5.41, 5.74) is 2.70. The number of pyridine rings is 1. The van der Waals surface area contributed by atoms with E-state index in [1.165, 1.54) is 0 Å². The molecule has 1 aliphatic heterocycles. The van der Waals surface area contributed by atoms with Crippen molar-refractivity contribution in [3.63, 3.8) is 0 Å². The second kappa shape index (κ2) is 9.11. The van der Waals surface area contributed by atoms with E-state index in [1.54, 1.807) is 24.0 Å². The predicted molar refractivity (Wildman–Crippen MR) is 121 cm³/mol. The van der Waals surface area contributed by atoms with E-state index in [4.69, 9.17) is 19.6 Å². The number of morpholine rings is 1. The Morgan fingerprint density at radius 2 is 1.94 bits per heavy atom. The van der Waals surface area contributed by atoms with Gasteiger partial charge in [0.2, 0.25) is 0 Å². The summed E-state index contributed by atoms with van der Waals surface area (Å²) in [6.07, 6.45) is 5.29. The summed E-state index contributed by atoms with van der Waals surface area (Å²) in [7, 11) is 1.65. The zero-order valence-electron chi connectivity index (χ0n) is 17.8. The number of aliphatic imine (C=N–C) groups is 1. The molecule has 9 nitrogen and oxygen atoms in total. The van der Waals surface area contributed by atoms with Gasteiger partial charge in [0.25, 0.3) is 5.78 Å². The third-order valence-corrected chi connectivity index (χ3v) is 5.21. The third-order valence-electron chi connectivity index (χ3n) is 5.21. The number of methoxy groups -OCH3 is 1. The van der Waals surface area contributed by atoms with Gasteiger partial charge in [0.1, 0.15) is 11.6 Å². The Labute approximate surface area is 185 Å². The Morgan fingerprint density at radius 3 is 2.75 bits per heavy atom. The lowest BCUT2D eigenvalue weighted by molar-refractivity contribution is 0.122. The molecular weight excluding hydrogens is 406 g/mol. The van der Waals surface area contributed by atoms with E-state index in [9.17, 15) is 0 Å². The second-order valence-corrected chi connectivity index (χ2v) is 7.33. The molecule has 0 saturated carbocycles. The summed E-state index contributed by atoms with van der Waals surface area (Å²) in [6, 6.07) is 13.6. The molecule has 0 unspecified atom stereocenters. The standard InChI is InChI=1S/C23H23N7O2/c1-31-20-4-2-3-17(13-20)15-25-16-19-14-21(29-9-11-32-12-10-29)30-23(26-19)27-22(28-30)18-5-7-24-8-6-18/h2-8,13-15H,9-12,16H2,1H3. The minimum atomic E-state index is 0.433. The Hall–Kier alpha value is -3.85. The van der Waals surface area contributed by atoms with E-state index in [0.29, 0.717) is 31.4 Å². The number of aromatic nitrogens is 5. The minimum absolute atomic E-state index is 0.433. The summed E-state index contributed by atoms with van der Waals surface area (Å²) < 4.78 is 12.6. The van der Waals surface area contributed by atoms with Gasteiger partial charge in [0.05, 0.1) is 32.6 Å². The fourth-order valence-electron chi connectivity index (χ4n) is 3.59. The Balaban J connectivity index is 1.48. The number of benzene rings is 1. The summed E-state index contributed by atoms with van der Waals surface area (Å²) in [4.78, 5) is 20.3. The summed E-state index contributed by atoms with van der Waals surface area (Å²) in [5, 5.41) is 4.73. The predicted octanol–water partition coefficient (Wildman–Crippen LogP) is 2.65. The van der Waals surface area contributed by atoms with Crippen molar-refractivity contribution in [3.8, 4) is 17.1 Å². The number of hydrogen-bond acceptors (Lipinski definition) is 8. The van der Waals surface area contributed by atoms with Gasteiger partial charge < -0.3 is 14.4 Å². The first kappa shape index (κ1) is 20.1. The van der Waals surface area contributed by atoms with Gasteiger partial charge >= 0.3 is 0 Å². The highest BCUT2D eigenvalue weighted by Crippen LogP contribution is 2.22. The van der Waals surface area contributed by atoms with Gasteiger partial charge in [0.15, 0.2) is 5.82 Å². The Morgan fingerprint density at radius 1 is 1.09 bits per heavy atom. The molecule has 162 valence electrons. The van der Waals surface area contributed by atoms with E-state index < -0.39 is 0 Å². The van der Waals surface area contributed by atoms with E-state index in [2.05, 4.69) is 19.9 Å². The second-order valence-electron chi connectivity index (χ2n) is 7.33. The molecule has 1 fully saturated rings. The van der Waals surface area contributed by atoms with Crippen molar-refractivity contribution in [3.05, 3.63) is 66.1 Å². The van der Waals surface area contributed by atoms with Crippen LogP contribution in [0.5, 0.6) is 5.75 Å². The van der Waals surface area contributed by atoms with E-state index in [-0.39, 0.29) is 0 Å². The Bertz CT molecular complexity index is 1230. The average molecular weight is 429 g/mol. The maximum atomic E-state index is 5.53. The number of anilines is 1. The quantitative estimate of drug-likeness (QED) is 0.435. The van der Waals surface area contributed by atoms with Crippen LogP contribution in [-0.2, 0) is 11.3 Å². The van der Waals surface area contributed by atoms with Gasteiger partial charge in [0, 0.05) is 43.3 Å². The minimum Gasteiger partial charge on any atom is -0.497 e. The first-order valence-corrected chi connectivity index (χ1v) is 10.4. The van der Waals surface area contributed by atoms with Crippen molar-refractivity contribution >= 4 is 17.8 Å². The molecule has 1 saturated heterocycles. The number of ether oxygens (including phenoxy) is 2.